The first kappa shape index (κ1) is 21.5. The third kappa shape index (κ3) is 5.68. The summed E-state index contributed by atoms with van der Waals surface area (Å²) in [5.41, 5.74) is 1.81. The second kappa shape index (κ2) is 10.0. The van der Waals surface area contributed by atoms with Gasteiger partial charge in [-0.25, -0.2) is 0 Å². The van der Waals surface area contributed by atoms with Crippen molar-refractivity contribution in [2.75, 3.05) is 13.7 Å². The van der Waals surface area contributed by atoms with E-state index in [1.165, 1.54) is 31.4 Å². The lowest BCUT2D eigenvalue weighted by Crippen LogP contribution is -2.27. The Kier molecular flexibility index (Phi) is 7.21. The van der Waals surface area contributed by atoms with Crippen LogP contribution in [0, 0.1) is 0 Å². The Balaban J connectivity index is 1.68. The van der Waals surface area contributed by atoms with Gasteiger partial charge in [0.2, 0.25) is 0 Å². The molecule has 3 rings (SSSR count). The third-order valence-electron chi connectivity index (χ3n) is 4.53. The average molecular weight is 426 g/mol. The van der Waals surface area contributed by atoms with Crippen molar-refractivity contribution in [1.29, 1.82) is 0 Å². The zero-order chi connectivity index (χ0) is 21.4. The Hall–Kier alpha value is -3.16. The summed E-state index contributed by atoms with van der Waals surface area (Å²) in [6.07, 6.45) is 0. The van der Waals surface area contributed by atoms with Gasteiger partial charge in [-0.15, -0.1) is 0 Å². The van der Waals surface area contributed by atoms with Gasteiger partial charge in [-0.3, -0.25) is 4.79 Å². The van der Waals surface area contributed by atoms with Crippen molar-refractivity contribution in [1.82, 2.24) is 5.32 Å². The van der Waals surface area contributed by atoms with Crippen molar-refractivity contribution in [2.45, 2.75) is 17.4 Å². The molecule has 156 valence electrons. The maximum Gasteiger partial charge on any atom is 0.339 e. The molecule has 1 N–H and O–H groups in total. The highest BCUT2D eigenvalue weighted by Crippen LogP contribution is 2.23. The van der Waals surface area contributed by atoms with Gasteiger partial charge in [-0.2, -0.15) is 8.42 Å². The molecule has 1 unspecified atom stereocenters. The van der Waals surface area contributed by atoms with Crippen LogP contribution in [0.25, 0.3) is 0 Å². The molecule has 0 aliphatic heterocycles. The number of esters is 1. The molecule has 0 heterocycles. The van der Waals surface area contributed by atoms with Gasteiger partial charge in [0, 0.05) is 13.1 Å². The molecule has 0 radical (unpaired) electrons. The fourth-order valence-corrected chi connectivity index (χ4v) is 3.91. The van der Waals surface area contributed by atoms with Crippen molar-refractivity contribution in [3.05, 3.63) is 96.1 Å². The molecule has 6 nitrogen and oxygen atoms in total. The van der Waals surface area contributed by atoms with Crippen LogP contribution in [-0.2, 0) is 26.2 Å². The summed E-state index contributed by atoms with van der Waals surface area (Å²) in [7, 11) is -2.57. The minimum Gasteiger partial charge on any atom is -0.469 e. The van der Waals surface area contributed by atoms with Gasteiger partial charge in [0.05, 0.1) is 13.0 Å². The molecule has 7 heteroatoms. The summed E-state index contributed by atoms with van der Waals surface area (Å²) >= 11 is 0. The minimum absolute atomic E-state index is 0.0756. The molecule has 0 spiro atoms. The van der Waals surface area contributed by atoms with E-state index in [1.54, 1.807) is 30.3 Å². The second-order valence-electron chi connectivity index (χ2n) is 6.61. The first-order valence-electron chi connectivity index (χ1n) is 9.41. The fraction of sp³-hybridized carbons (Fsp3) is 0.174. The SMILES string of the molecule is COC(=O)C(CNCc1ccccc1)c1ccc(OS(=O)(=O)c2ccccc2)cc1. The van der Waals surface area contributed by atoms with E-state index < -0.39 is 16.0 Å². The Bertz CT molecular complexity index is 1050. The number of benzene rings is 3. The lowest BCUT2D eigenvalue weighted by atomic mass is 9.99. The van der Waals surface area contributed by atoms with Crippen molar-refractivity contribution in [3.8, 4) is 5.75 Å². The first-order valence-corrected chi connectivity index (χ1v) is 10.8. The molecular formula is C23H23NO5S. The molecule has 0 bridgehead atoms. The summed E-state index contributed by atoms with van der Waals surface area (Å²) in [5.74, 6) is -0.733. The highest BCUT2D eigenvalue weighted by molar-refractivity contribution is 7.87. The van der Waals surface area contributed by atoms with Crippen LogP contribution in [0.1, 0.15) is 17.0 Å². The number of ether oxygens (including phenoxy) is 1. The molecule has 0 aromatic heterocycles. The van der Waals surface area contributed by atoms with E-state index in [9.17, 15) is 13.2 Å². The Morgan fingerprint density at radius 2 is 1.50 bits per heavy atom. The van der Waals surface area contributed by atoms with E-state index in [-0.39, 0.29) is 16.6 Å². The van der Waals surface area contributed by atoms with Crippen LogP contribution in [0.4, 0.5) is 0 Å². The number of carbonyl (C=O) groups is 1. The van der Waals surface area contributed by atoms with E-state index in [2.05, 4.69) is 5.32 Å². The van der Waals surface area contributed by atoms with Gasteiger partial charge in [0.25, 0.3) is 0 Å². The van der Waals surface area contributed by atoms with E-state index >= 15 is 0 Å². The van der Waals surface area contributed by atoms with Gasteiger partial charge in [-0.1, -0.05) is 60.7 Å². The Labute approximate surface area is 176 Å². The van der Waals surface area contributed by atoms with E-state index in [0.717, 1.165) is 5.56 Å². The molecule has 0 fully saturated rings. The van der Waals surface area contributed by atoms with Crippen molar-refractivity contribution >= 4 is 16.1 Å². The van der Waals surface area contributed by atoms with Gasteiger partial charge in [0.15, 0.2) is 0 Å². The van der Waals surface area contributed by atoms with Crippen LogP contribution in [-0.4, -0.2) is 28.0 Å². The fourth-order valence-electron chi connectivity index (χ4n) is 2.95. The third-order valence-corrected chi connectivity index (χ3v) is 5.79. The van der Waals surface area contributed by atoms with Crippen LogP contribution >= 0.6 is 0 Å². The molecule has 0 aliphatic rings. The Morgan fingerprint density at radius 1 is 0.900 bits per heavy atom. The topological polar surface area (TPSA) is 81.7 Å². The van der Waals surface area contributed by atoms with Crippen LogP contribution in [0.15, 0.2) is 89.8 Å². The van der Waals surface area contributed by atoms with E-state index in [1.807, 2.05) is 30.3 Å². The summed E-state index contributed by atoms with van der Waals surface area (Å²) in [6.45, 7) is 0.995. The van der Waals surface area contributed by atoms with Gasteiger partial charge >= 0.3 is 16.1 Å². The Morgan fingerprint density at radius 3 is 2.10 bits per heavy atom. The van der Waals surface area contributed by atoms with Crippen LogP contribution in [0.2, 0.25) is 0 Å². The molecule has 0 saturated carbocycles. The average Bonchev–Trinajstić information content (AvgIpc) is 2.78. The monoisotopic (exact) mass is 425 g/mol. The number of nitrogens with one attached hydrogen (secondary N) is 1. The molecule has 0 saturated heterocycles. The number of methoxy groups -OCH3 is 1. The van der Waals surface area contributed by atoms with E-state index in [4.69, 9.17) is 8.92 Å². The molecule has 30 heavy (non-hydrogen) atoms. The summed E-state index contributed by atoms with van der Waals surface area (Å²) in [6, 6.07) is 24.2. The molecule has 1 atom stereocenters. The van der Waals surface area contributed by atoms with Crippen molar-refractivity contribution in [2.24, 2.45) is 0 Å². The number of hydrogen-bond donors (Lipinski definition) is 1. The molecular weight excluding hydrogens is 402 g/mol. The zero-order valence-corrected chi connectivity index (χ0v) is 17.3. The quantitative estimate of drug-likeness (QED) is 0.417. The summed E-state index contributed by atoms with van der Waals surface area (Å²) in [5, 5.41) is 3.26. The number of hydrogen-bond acceptors (Lipinski definition) is 6. The van der Waals surface area contributed by atoms with Crippen molar-refractivity contribution in [3.63, 3.8) is 0 Å². The lowest BCUT2D eigenvalue weighted by molar-refractivity contribution is -0.142. The molecule has 0 aliphatic carbocycles. The van der Waals surface area contributed by atoms with E-state index in [0.29, 0.717) is 18.7 Å². The zero-order valence-electron chi connectivity index (χ0n) is 16.5. The molecule has 3 aromatic rings. The highest BCUT2D eigenvalue weighted by atomic mass is 32.2. The summed E-state index contributed by atoms with van der Waals surface area (Å²) in [4.78, 5) is 12.3. The summed E-state index contributed by atoms with van der Waals surface area (Å²) < 4.78 is 34.8. The molecule has 0 amide bonds. The minimum atomic E-state index is -3.92. The predicted molar refractivity (Wildman–Crippen MR) is 114 cm³/mol. The first-order chi connectivity index (χ1) is 14.5. The standard InChI is InChI=1S/C23H23NO5S/c1-28-23(25)22(17-24-16-18-8-4-2-5-9-18)19-12-14-20(15-13-19)29-30(26,27)21-10-6-3-7-11-21/h2-15,22,24H,16-17H2,1H3. The lowest BCUT2D eigenvalue weighted by Gasteiger charge is -2.16. The highest BCUT2D eigenvalue weighted by Gasteiger charge is 2.22. The molecule has 3 aromatic carbocycles. The maximum atomic E-state index is 12.3. The largest absolute Gasteiger partial charge is 0.469 e. The normalized spacial score (nSPS) is 12.2. The predicted octanol–water partition coefficient (Wildman–Crippen LogP) is 3.50. The van der Waals surface area contributed by atoms with Crippen LogP contribution in [0.3, 0.4) is 0 Å². The van der Waals surface area contributed by atoms with Gasteiger partial charge in [0.1, 0.15) is 10.6 Å². The smallest absolute Gasteiger partial charge is 0.339 e. The maximum absolute atomic E-state index is 12.3. The van der Waals surface area contributed by atoms with Gasteiger partial charge < -0.3 is 14.2 Å². The van der Waals surface area contributed by atoms with Crippen LogP contribution < -0.4 is 9.50 Å². The van der Waals surface area contributed by atoms with Gasteiger partial charge in [-0.05, 0) is 35.4 Å². The van der Waals surface area contributed by atoms with Crippen molar-refractivity contribution < 1.29 is 22.1 Å². The number of rotatable bonds is 9. The number of carbonyl (C=O) groups excluding carboxylic acids is 1. The second-order valence-corrected chi connectivity index (χ2v) is 8.16. The van der Waals surface area contributed by atoms with Crippen LogP contribution in [0.5, 0.6) is 5.75 Å².